The first-order chi connectivity index (χ1) is 18.4. The fraction of sp³-hybridized carbons (Fsp3) is 0.357. The number of ether oxygens (including phenoxy) is 2. The van der Waals surface area contributed by atoms with Crippen molar-refractivity contribution in [3.63, 3.8) is 0 Å². The third-order valence-electron chi connectivity index (χ3n) is 7.17. The van der Waals surface area contributed by atoms with E-state index in [-0.39, 0.29) is 47.6 Å². The van der Waals surface area contributed by atoms with Crippen molar-refractivity contribution < 1.29 is 19.1 Å². The Morgan fingerprint density at radius 2 is 1.82 bits per heavy atom. The Balaban J connectivity index is 1.38. The highest BCUT2D eigenvalue weighted by Crippen LogP contribution is 2.34. The van der Waals surface area contributed by atoms with Crippen LogP contribution < -0.4 is 26.2 Å². The molecule has 198 valence electrons. The van der Waals surface area contributed by atoms with Crippen LogP contribution in [-0.4, -0.2) is 67.6 Å². The van der Waals surface area contributed by atoms with E-state index in [9.17, 15) is 19.2 Å². The van der Waals surface area contributed by atoms with Crippen LogP contribution in [0.2, 0.25) is 0 Å². The summed E-state index contributed by atoms with van der Waals surface area (Å²) in [5.41, 5.74) is 0.849. The second kappa shape index (κ2) is 10.7. The molecule has 0 radical (unpaired) electrons. The number of nitrogens with one attached hydrogen (secondary N) is 2. The number of nitrogens with zero attached hydrogens (tertiary/aromatic N) is 2. The van der Waals surface area contributed by atoms with Crippen molar-refractivity contribution in [1.29, 1.82) is 0 Å². The fourth-order valence-corrected chi connectivity index (χ4v) is 5.13. The summed E-state index contributed by atoms with van der Waals surface area (Å²) in [5.74, 6) is -0.0428. The summed E-state index contributed by atoms with van der Waals surface area (Å²) in [5, 5.41) is 6.25. The zero-order chi connectivity index (χ0) is 26.8. The van der Waals surface area contributed by atoms with E-state index in [1.165, 1.54) is 7.11 Å². The summed E-state index contributed by atoms with van der Waals surface area (Å²) in [7, 11) is 1.45. The zero-order valence-corrected chi connectivity index (χ0v) is 21.4. The molecule has 2 amide bonds. The van der Waals surface area contributed by atoms with Crippen LogP contribution in [0.5, 0.6) is 5.75 Å². The lowest BCUT2D eigenvalue weighted by atomic mass is 10.0. The van der Waals surface area contributed by atoms with Crippen LogP contribution in [0.25, 0.3) is 0 Å². The quantitative estimate of drug-likeness (QED) is 0.436. The summed E-state index contributed by atoms with van der Waals surface area (Å²) in [6, 6.07) is 14.4. The van der Waals surface area contributed by atoms with E-state index < -0.39 is 10.9 Å². The molecule has 2 N–H and O–H groups in total. The predicted octanol–water partition coefficient (Wildman–Crippen LogP) is 2.28. The Labute approximate surface area is 219 Å². The van der Waals surface area contributed by atoms with Crippen molar-refractivity contribution in [2.75, 3.05) is 50.6 Å². The van der Waals surface area contributed by atoms with Gasteiger partial charge in [0, 0.05) is 19.6 Å². The number of hydrogen-bond donors (Lipinski definition) is 2. The van der Waals surface area contributed by atoms with Gasteiger partial charge < -0.3 is 29.9 Å². The highest BCUT2D eigenvalue weighted by molar-refractivity contribution is 5.99. The Kier molecular flexibility index (Phi) is 7.15. The van der Waals surface area contributed by atoms with Gasteiger partial charge in [-0.3, -0.25) is 19.2 Å². The van der Waals surface area contributed by atoms with Gasteiger partial charge in [-0.05, 0) is 24.1 Å². The highest BCUT2D eigenvalue weighted by Gasteiger charge is 2.36. The second-order valence-corrected chi connectivity index (χ2v) is 9.44. The molecule has 0 unspecified atom stereocenters. The van der Waals surface area contributed by atoms with E-state index in [1.807, 2.05) is 37.3 Å². The number of carbonyl (C=O) groups excluding carboxylic acids is 2. The Hall–Kier alpha value is -4.18. The van der Waals surface area contributed by atoms with Gasteiger partial charge in [-0.25, -0.2) is 0 Å². The molecule has 2 aliphatic rings. The van der Waals surface area contributed by atoms with Gasteiger partial charge in [0.15, 0.2) is 5.75 Å². The topological polar surface area (TPSA) is 117 Å². The highest BCUT2D eigenvalue weighted by atomic mass is 16.5. The lowest BCUT2D eigenvalue weighted by Crippen LogP contribution is -2.61. The molecule has 3 aromatic rings. The van der Waals surface area contributed by atoms with Crippen LogP contribution in [0.3, 0.4) is 0 Å². The van der Waals surface area contributed by atoms with Crippen molar-refractivity contribution >= 4 is 28.9 Å². The van der Waals surface area contributed by atoms with Gasteiger partial charge in [0.05, 0.1) is 37.1 Å². The molecular weight excluding hydrogens is 488 g/mol. The smallest absolute Gasteiger partial charge is 0.257 e. The first kappa shape index (κ1) is 25.5. The summed E-state index contributed by atoms with van der Waals surface area (Å²) in [4.78, 5) is 54.1. The molecule has 2 aliphatic heterocycles. The van der Waals surface area contributed by atoms with E-state index in [1.54, 1.807) is 28.0 Å². The number of amides is 2. The van der Waals surface area contributed by atoms with E-state index >= 15 is 0 Å². The van der Waals surface area contributed by atoms with Crippen molar-refractivity contribution in [2.24, 2.45) is 0 Å². The van der Waals surface area contributed by atoms with Crippen LogP contribution in [-0.2, 0) is 9.53 Å². The van der Waals surface area contributed by atoms with Gasteiger partial charge in [0.1, 0.15) is 18.0 Å². The van der Waals surface area contributed by atoms with Crippen LogP contribution in [0, 0.1) is 0 Å². The first-order valence-electron chi connectivity index (χ1n) is 12.7. The maximum Gasteiger partial charge on any atom is 0.257 e. The van der Waals surface area contributed by atoms with Crippen molar-refractivity contribution in [3.8, 4) is 5.75 Å². The van der Waals surface area contributed by atoms with E-state index in [4.69, 9.17) is 9.47 Å². The summed E-state index contributed by atoms with van der Waals surface area (Å²) < 4.78 is 11.0. The minimum atomic E-state index is -0.632. The van der Waals surface area contributed by atoms with Gasteiger partial charge in [-0.2, -0.15) is 0 Å². The summed E-state index contributed by atoms with van der Waals surface area (Å²) in [6.45, 7) is 3.65. The molecule has 0 saturated carbocycles. The van der Waals surface area contributed by atoms with Crippen molar-refractivity contribution in [3.05, 3.63) is 80.1 Å². The third kappa shape index (κ3) is 4.63. The van der Waals surface area contributed by atoms with Gasteiger partial charge in [0.2, 0.25) is 5.91 Å². The first-order valence-corrected chi connectivity index (χ1v) is 12.7. The molecule has 3 aromatic carbocycles. The molecule has 2 heterocycles. The normalized spacial score (nSPS) is 18.2. The van der Waals surface area contributed by atoms with Gasteiger partial charge in [-0.1, -0.05) is 43.3 Å². The number of fused-ring (bicyclic) bond motifs is 1. The molecule has 2 atom stereocenters. The molecule has 38 heavy (non-hydrogen) atoms. The molecule has 0 bridgehead atoms. The standard InChI is InChI=1S/C28H30N4O6/c1-3-20(17-8-5-4-6-9-17)29-23-24(26(35)25(23)34)30-21-11-7-10-19(27(21)37-2)28(36)31-12-13-32-18(14-31)15-38-16-22(32)33/h4-11,18,20,29-30H,3,12-16H2,1-2H3/t18-,20+/m0/s1. The molecule has 10 heteroatoms. The molecule has 5 rings (SSSR count). The lowest BCUT2D eigenvalue weighted by Gasteiger charge is -2.43. The lowest BCUT2D eigenvalue weighted by molar-refractivity contribution is -0.151. The number of benzene rings is 2. The predicted molar refractivity (Wildman–Crippen MR) is 143 cm³/mol. The van der Waals surface area contributed by atoms with Crippen LogP contribution >= 0.6 is 0 Å². The maximum atomic E-state index is 13.5. The molecule has 0 aromatic heterocycles. The Bertz CT molecular complexity index is 1410. The average molecular weight is 519 g/mol. The number of para-hydroxylation sites is 1. The number of rotatable bonds is 8. The number of methoxy groups -OCH3 is 1. The second-order valence-electron chi connectivity index (χ2n) is 9.44. The summed E-state index contributed by atoms with van der Waals surface area (Å²) in [6.07, 6.45) is 0.709. The van der Waals surface area contributed by atoms with Crippen LogP contribution in [0.1, 0.15) is 35.3 Å². The minimum Gasteiger partial charge on any atom is -0.494 e. The Morgan fingerprint density at radius 3 is 2.55 bits per heavy atom. The van der Waals surface area contributed by atoms with E-state index in [0.717, 1.165) is 5.56 Å². The van der Waals surface area contributed by atoms with Gasteiger partial charge in [-0.15, -0.1) is 0 Å². The largest absolute Gasteiger partial charge is 0.494 e. The SMILES string of the molecule is CC[C@@H](Nc1c(Nc2cccc(C(=O)N3CCN4C(=O)COC[C@@H]4C3)c2OC)c(=O)c1=O)c1ccccc1. The molecule has 2 fully saturated rings. The molecule has 10 nitrogen and oxygen atoms in total. The summed E-state index contributed by atoms with van der Waals surface area (Å²) >= 11 is 0. The average Bonchev–Trinajstić information content (AvgIpc) is 2.96. The molecule has 2 saturated heterocycles. The number of morpholine rings is 1. The maximum absolute atomic E-state index is 13.5. The number of carbonyl (C=O) groups is 2. The third-order valence-corrected chi connectivity index (χ3v) is 7.17. The number of hydrogen-bond acceptors (Lipinski definition) is 8. The van der Waals surface area contributed by atoms with Gasteiger partial charge in [0.25, 0.3) is 16.8 Å². The van der Waals surface area contributed by atoms with Crippen LogP contribution in [0.4, 0.5) is 17.1 Å². The van der Waals surface area contributed by atoms with Gasteiger partial charge >= 0.3 is 0 Å². The number of anilines is 3. The Morgan fingerprint density at radius 1 is 1.05 bits per heavy atom. The monoisotopic (exact) mass is 518 g/mol. The molecular formula is C28H30N4O6. The van der Waals surface area contributed by atoms with Crippen molar-refractivity contribution in [2.45, 2.75) is 25.4 Å². The minimum absolute atomic E-state index is 0.0629. The molecule has 0 aliphatic carbocycles. The van der Waals surface area contributed by atoms with E-state index in [2.05, 4.69) is 10.6 Å². The fourth-order valence-electron chi connectivity index (χ4n) is 5.13. The van der Waals surface area contributed by atoms with Crippen LogP contribution in [0.15, 0.2) is 58.1 Å². The number of piperazine rings is 1. The molecule has 0 spiro atoms. The van der Waals surface area contributed by atoms with Crippen molar-refractivity contribution in [1.82, 2.24) is 9.80 Å². The zero-order valence-electron chi connectivity index (χ0n) is 21.4. The van der Waals surface area contributed by atoms with E-state index in [0.29, 0.717) is 43.9 Å².